The van der Waals surface area contributed by atoms with E-state index < -0.39 is 0 Å². The van der Waals surface area contributed by atoms with Crippen molar-refractivity contribution in [1.82, 2.24) is 0 Å². The van der Waals surface area contributed by atoms with Gasteiger partial charge in [-0.2, -0.15) is 0 Å². The van der Waals surface area contributed by atoms with Crippen LogP contribution in [-0.2, 0) is 9.47 Å². The number of rotatable bonds is 8. The number of ether oxygens (including phenoxy) is 2. The fraction of sp³-hybridized carbons (Fsp3) is 1.00. The maximum Gasteiger partial charge on any atom is 0.0704 e. The molecule has 0 aliphatic rings. The van der Waals surface area contributed by atoms with Crippen LogP contribution >= 0.6 is 0 Å². The molecule has 1 unspecified atom stereocenters. The Balaban J connectivity index is 3.07. The summed E-state index contributed by atoms with van der Waals surface area (Å²) in [5.41, 5.74) is 5.63. The summed E-state index contributed by atoms with van der Waals surface area (Å²) in [6.07, 6.45) is 2.43. The molecule has 3 heteroatoms. The van der Waals surface area contributed by atoms with Crippen molar-refractivity contribution in [3.8, 4) is 0 Å². The largest absolute Gasteiger partial charge is 0.379 e. The molecule has 0 spiro atoms. The molecule has 0 aliphatic heterocycles. The van der Waals surface area contributed by atoms with E-state index >= 15 is 0 Å². The second-order valence-electron chi connectivity index (χ2n) is 3.40. The molecule has 80 valence electrons. The second kappa shape index (κ2) is 8.48. The SMILES string of the molecule is CCCCOCCOC(C)[C@H](C)N. The van der Waals surface area contributed by atoms with E-state index in [4.69, 9.17) is 15.2 Å². The van der Waals surface area contributed by atoms with Crippen molar-refractivity contribution < 1.29 is 9.47 Å². The molecule has 0 heterocycles. The summed E-state index contributed by atoms with van der Waals surface area (Å²) in [6, 6.07) is 0.0932. The Morgan fingerprint density at radius 2 is 1.85 bits per heavy atom. The summed E-state index contributed by atoms with van der Waals surface area (Å²) in [4.78, 5) is 0. The summed E-state index contributed by atoms with van der Waals surface area (Å²) in [7, 11) is 0. The average Bonchev–Trinajstić information content (AvgIpc) is 2.10. The predicted molar refractivity (Wildman–Crippen MR) is 54.8 cm³/mol. The van der Waals surface area contributed by atoms with Gasteiger partial charge >= 0.3 is 0 Å². The van der Waals surface area contributed by atoms with Crippen LogP contribution in [0.5, 0.6) is 0 Å². The Morgan fingerprint density at radius 1 is 1.15 bits per heavy atom. The lowest BCUT2D eigenvalue weighted by atomic mass is 10.2. The average molecular weight is 189 g/mol. The minimum Gasteiger partial charge on any atom is -0.379 e. The van der Waals surface area contributed by atoms with Crippen molar-refractivity contribution in [2.24, 2.45) is 5.73 Å². The molecule has 0 aliphatic carbocycles. The van der Waals surface area contributed by atoms with Gasteiger partial charge in [-0.05, 0) is 20.3 Å². The van der Waals surface area contributed by atoms with Gasteiger partial charge in [0, 0.05) is 12.6 Å². The van der Waals surface area contributed by atoms with E-state index in [0.29, 0.717) is 13.2 Å². The van der Waals surface area contributed by atoms with Gasteiger partial charge < -0.3 is 15.2 Å². The van der Waals surface area contributed by atoms with Crippen molar-refractivity contribution in [2.45, 2.75) is 45.8 Å². The number of nitrogens with two attached hydrogens (primary N) is 1. The van der Waals surface area contributed by atoms with Crippen LogP contribution in [0.3, 0.4) is 0 Å². The third-order valence-electron chi connectivity index (χ3n) is 1.99. The summed E-state index contributed by atoms with van der Waals surface area (Å²) in [5, 5.41) is 0. The minimum absolute atomic E-state index is 0.0932. The lowest BCUT2D eigenvalue weighted by Gasteiger charge is -2.16. The van der Waals surface area contributed by atoms with Crippen molar-refractivity contribution in [1.29, 1.82) is 0 Å². The summed E-state index contributed by atoms with van der Waals surface area (Å²) in [6.45, 7) is 8.24. The van der Waals surface area contributed by atoms with Crippen LogP contribution in [0.2, 0.25) is 0 Å². The lowest BCUT2D eigenvalue weighted by molar-refractivity contribution is 0.00414. The Labute approximate surface area is 81.6 Å². The van der Waals surface area contributed by atoms with Gasteiger partial charge in [0.15, 0.2) is 0 Å². The topological polar surface area (TPSA) is 44.5 Å². The van der Waals surface area contributed by atoms with Gasteiger partial charge in [-0.15, -0.1) is 0 Å². The first-order chi connectivity index (χ1) is 6.18. The molecule has 0 fully saturated rings. The monoisotopic (exact) mass is 189 g/mol. The van der Waals surface area contributed by atoms with E-state index in [9.17, 15) is 0 Å². The molecule has 0 bridgehead atoms. The van der Waals surface area contributed by atoms with Crippen LogP contribution in [0, 0.1) is 0 Å². The zero-order chi connectivity index (χ0) is 10.1. The molecule has 0 saturated carbocycles. The van der Waals surface area contributed by atoms with Gasteiger partial charge in [0.1, 0.15) is 0 Å². The van der Waals surface area contributed by atoms with Gasteiger partial charge in [-0.3, -0.25) is 0 Å². The molecule has 2 atom stereocenters. The molecular weight excluding hydrogens is 166 g/mol. The Bertz CT molecular complexity index is 107. The van der Waals surface area contributed by atoms with Gasteiger partial charge in [0.05, 0.1) is 19.3 Å². The summed E-state index contributed by atoms with van der Waals surface area (Å²) in [5.74, 6) is 0. The van der Waals surface area contributed by atoms with Gasteiger partial charge in [-0.25, -0.2) is 0 Å². The van der Waals surface area contributed by atoms with Crippen molar-refractivity contribution in [2.75, 3.05) is 19.8 Å². The molecule has 0 aromatic rings. The molecule has 0 saturated heterocycles. The van der Waals surface area contributed by atoms with Crippen LogP contribution in [0.4, 0.5) is 0 Å². The zero-order valence-electron chi connectivity index (χ0n) is 9.08. The number of unbranched alkanes of at least 4 members (excludes halogenated alkanes) is 1. The van der Waals surface area contributed by atoms with Crippen molar-refractivity contribution in [3.63, 3.8) is 0 Å². The number of hydrogen-bond acceptors (Lipinski definition) is 3. The standard InChI is InChI=1S/C10H23NO2/c1-4-5-6-12-7-8-13-10(3)9(2)11/h9-10H,4-8,11H2,1-3H3/t9-,10?/m0/s1. The maximum atomic E-state index is 5.63. The molecule has 0 aromatic heterocycles. The van der Waals surface area contributed by atoms with Crippen LogP contribution in [-0.4, -0.2) is 32.0 Å². The Kier molecular flexibility index (Phi) is 8.40. The highest BCUT2D eigenvalue weighted by atomic mass is 16.5. The Hall–Kier alpha value is -0.120. The fourth-order valence-corrected chi connectivity index (χ4v) is 0.793. The quantitative estimate of drug-likeness (QED) is 0.589. The first-order valence-corrected chi connectivity index (χ1v) is 5.13. The normalized spacial score (nSPS) is 15.7. The summed E-state index contributed by atoms with van der Waals surface area (Å²) >= 11 is 0. The van der Waals surface area contributed by atoms with Crippen molar-refractivity contribution >= 4 is 0 Å². The Morgan fingerprint density at radius 3 is 2.38 bits per heavy atom. The van der Waals surface area contributed by atoms with Gasteiger partial charge in [0.25, 0.3) is 0 Å². The molecule has 0 aromatic carbocycles. The highest BCUT2D eigenvalue weighted by Crippen LogP contribution is 1.95. The second-order valence-corrected chi connectivity index (χ2v) is 3.40. The number of hydrogen-bond donors (Lipinski definition) is 1. The molecule has 13 heavy (non-hydrogen) atoms. The van der Waals surface area contributed by atoms with Gasteiger partial charge in [-0.1, -0.05) is 13.3 Å². The summed E-state index contributed by atoms with van der Waals surface area (Å²) < 4.78 is 10.8. The molecule has 0 amide bonds. The third kappa shape index (κ3) is 8.22. The van der Waals surface area contributed by atoms with E-state index in [2.05, 4.69) is 6.92 Å². The van der Waals surface area contributed by atoms with Crippen LogP contribution < -0.4 is 5.73 Å². The zero-order valence-corrected chi connectivity index (χ0v) is 9.08. The first kappa shape index (κ1) is 12.9. The lowest BCUT2D eigenvalue weighted by Crippen LogP contribution is -2.32. The maximum absolute atomic E-state index is 5.63. The minimum atomic E-state index is 0.0932. The molecule has 2 N–H and O–H groups in total. The molecule has 0 radical (unpaired) electrons. The van der Waals surface area contributed by atoms with E-state index in [1.165, 1.54) is 6.42 Å². The third-order valence-corrected chi connectivity index (χ3v) is 1.99. The van der Waals surface area contributed by atoms with E-state index in [1.54, 1.807) is 0 Å². The first-order valence-electron chi connectivity index (χ1n) is 5.13. The molecule has 0 rings (SSSR count). The molecule has 3 nitrogen and oxygen atoms in total. The van der Waals surface area contributed by atoms with Crippen LogP contribution in [0.1, 0.15) is 33.6 Å². The molecular formula is C10H23NO2. The highest BCUT2D eigenvalue weighted by molar-refractivity contribution is 4.61. The van der Waals surface area contributed by atoms with Crippen molar-refractivity contribution in [3.05, 3.63) is 0 Å². The smallest absolute Gasteiger partial charge is 0.0704 e. The predicted octanol–water partition coefficient (Wildman–Crippen LogP) is 1.56. The van der Waals surface area contributed by atoms with Crippen LogP contribution in [0.25, 0.3) is 0 Å². The fourth-order valence-electron chi connectivity index (χ4n) is 0.793. The van der Waals surface area contributed by atoms with E-state index in [0.717, 1.165) is 13.0 Å². The van der Waals surface area contributed by atoms with Gasteiger partial charge in [0.2, 0.25) is 0 Å². The van der Waals surface area contributed by atoms with Crippen LogP contribution in [0.15, 0.2) is 0 Å². The van der Waals surface area contributed by atoms with E-state index in [1.807, 2.05) is 13.8 Å². The van der Waals surface area contributed by atoms with E-state index in [-0.39, 0.29) is 12.1 Å². The highest BCUT2D eigenvalue weighted by Gasteiger charge is 2.06.